The van der Waals surface area contributed by atoms with Gasteiger partial charge in [-0.2, -0.15) is 0 Å². The Balaban J connectivity index is 0. The van der Waals surface area contributed by atoms with E-state index < -0.39 is 0 Å². The predicted octanol–water partition coefficient (Wildman–Crippen LogP) is 13.4. The zero-order valence-corrected chi connectivity index (χ0v) is 78.2. The van der Waals surface area contributed by atoms with Crippen molar-refractivity contribution >= 4 is 52.2 Å². The second kappa shape index (κ2) is 60.0. The van der Waals surface area contributed by atoms with Gasteiger partial charge in [-0.25, -0.2) is 39.9 Å². The second-order valence-electron chi connectivity index (χ2n) is 33.4. The molecular weight excluding hydrogens is 1580 g/mol. The first-order chi connectivity index (χ1) is 56.9. The van der Waals surface area contributed by atoms with Crippen molar-refractivity contribution in [2.24, 2.45) is 20.0 Å². The number of carbonyl (C=O) groups is 9. The quantitative estimate of drug-likeness (QED) is 0.0342. The molecule has 0 saturated heterocycles. The molecule has 0 aliphatic carbocycles. The molecule has 8 rings (SSSR count). The molecule has 8 aromatic heterocycles. The van der Waals surface area contributed by atoms with Crippen molar-refractivity contribution in [3.05, 3.63) is 146 Å². The first kappa shape index (κ1) is 117. The lowest BCUT2D eigenvalue weighted by Gasteiger charge is -2.35. The number of Topliss-reactive ketones (excluding diaryl/α,β-unsaturated/α-hetero) is 8. The Hall–Kier alpha value is -9.73. The fourth-order valence-corrected chi connectivity index (χ4v) is 12.8. The molecule has 0 radical (unpaired) electrons. The number of amides is 1. The Kier molecular flexibility index (Phi) is 56.3. The van der Waals surface area contributed by atoms with Crippen molar-refractivity contribution < 1.29 is 43.2 Å². The van der Waals surface area contributed by atoms with E-state index >= 15 is 0 Å². The standard InChI is InChI=1S/C25H42N6O2.C17H25N5O2.C14H23N5.C13H21N3O2.C11H19N3O.C9H17NO2.4CH4/c1-8-20(9-2)21(32)16-29-14-12-26-22(29)17-31(25(5,6)7)18-23-27-13-15-30(23)19-24(33)28(10-3)11-4;1-13(2)22(11-16-18-5-7-20(16)9-14(3)23)12-17-19-6-8-21(17)10-15(4)24;1-5-18-9-7-16-14(18)11-19(12(2)3)10-13-15-6-8-17(13)4;1-10(2)16(8-12(4)18)9-13-14-5-6-15(13)7-11(3)17;1-9(2)14(7-10(3)15)8-11-12-5-6-13(11)4;1-7(2)10(5-8(3)11)6-9(4)12;;;;/h12-15,20H,8-11,16-19H2,1-7H3;5-8,13H,9-12H2,1-4H3;6-9,12H,5,10-11H2,1-4H3;5-6,10H,7-9H2,1-4H3;5-6,9H,7-8H2,1-4H3;7H,5-6H2,1-4H3;4*1H4. The summed E-state index contributed by atoms with van der Waals surface area (Å²) < 4.78 is 15.7. The highest BCUT2D eigenvalue weighted by Gasteiger charge is 2.28. The Morgan fingerprint density at radius 1 is 0.312 bits per heavy atom. The summed E-state index contributed by atoms with van der Waals surface area (Å²) in [6, 6.07) is 1.59. The smallest absolute Gasteiger partial charge is 0.242 e. The maximum absolute atomic E-state index is 12.7. The number of carbonyl (C=O) groups excluding carboxylic acids is 9. The molecule has 0 bridgehead atoms. The monoisotopic (exact) mass is 1750 g/mol. The molecule has 0 fully saturated rings. The molecule has 125 heavy (non-hydrogen) atoms. The zero-order valence-electron chi connectivity index (χ0n) is 78.2. The molecule has 8 aromatic rings. The average Bonchev–Trinajstić information content (AvgIpc) is 1.77. The summed E-state index contributed by atoms with van der Waals surface area (Å²) in [5.74, 6) is 8.69. The fourth-order valence-electron chi connectivity index (χ4n) is 12.8. The van der Waals surface area contributed by atoms with Gasteiger partial charge < -0.3 is 41.4 Å². The molecule has 0 aliphatic rings. The highest BCUT2D eigenvalue weighted by Crippen LogP contribution is 2.22. The third kappa shape index (κ3) is 43.4. The summed E-state index contributed by atoms with van der Waals surface area (Å²) in [6.07, 6.45) is 31.0. The summed E-state index contributed by atoms with van der Waals surface area (Å²) in [6.45, 7) is 59.6. The van der Waals surface area contributed by atoms with Gasteiger partial charge in [-0.3, -0.25) is 72.6 Å². The van der Waals surface area contributed by atoms with E-state index in [1.165, 1.54) is 13.8 Å². The van der Waals surface area contributed by atoms with Crippen LogP contribution in [-0.4, -0.2) is 238 Å². The number of ketones is 8. The maximum atomic E-state index is 12.7. The Morgan fingerprint density at radius 3 is 0.808 bits per heavy atom. The molecule has 8 heterocycles. The van der Waals surface area contributed by atoms with Crippen LogP contribution in [0, 0.1) is 5.92 Å². The summed E-state index contributed by atoms with van der Waals surface area (Å²) in [4.78, 5) is 153. The van der Waals surface area contributed by atoms with Gasteiger partial charge in [-0.05, 0) is 172 Å². The van der Waals surface area contributed by atoms with Crippen molar-refractivity contribution in [3.63, 3.8) is 0 Å². The minimum Gasteiger partial charge on any atom is -0.342 e. The van der Waals surface area contributed by atoms with Crippen LogP contribution in [0.5, 0.6) is 0 Å². The van der Waals surface area contributed by atoms with Gasteiger partial charge in [0.15, 0.2) is 5.78 Å². The molecule has 0 aromatic carbocycles. The highest BCUT2D eigenvalue weighted by molar-refractivity contribution is 5.82. The Labute approximate surface area is 750 Å². The second-order valence-corrected chi connectivity index (χ2v) is 33.4. The van der Waals surface area contributed by atoms with Crippen molar-refractivity contribution in [1.82, 2.24) is 111 Å². The lowest BCUT2D eigenvalue weighted by Crippen LogP contribution is -2.42. The molecule has 0 atom stereocenters. The van der Waals surface area contributed by atoms with E-state index in [4.69, 9.17) is 0 Å². The molecule has 32 heteroatoms. The third-order valence-electron chi connectivity index (χ3n) is 20.4. The van der Waals surface area contributed by atoms with Gasteiger partial charge in [0, 0.05) is 175 Å². The topological polar surface area (TPSA) is 319 Å². The van der Waals surface area contributed by atoms with Crippen LogP contribution >= 0.6 is 0 Å². The van der Waals surface area contributed by atoms with Gasteiger partial charge in [0.1, 0.15) is 93.6 Å². The van der Waals surface area contributed by atoms with Crippen molar-refractivity contribution in [2.45, 2.75) is 343 Å². The van der Waals surface area contributed by atoms with Crippen LogP contribution in [0.1, 0.15) is 262 Å². The fraction of sp³-hybridized carbons (Fsp3) is 0.645. The maximum Gasteiger partial charge on any atom is 0.242 e. The van der Waals surface area contributed by atoms with E-state index in [1.807, 2.05) is 154 Å². The predicted molar refractivity (Wildman–Crippen MR) is 500 cm³/mol. The van der Waals surface area contributed by atoms with Crippen LogP contribution in [0.3, 0.4) is 0 Å². The molecule has 0 unspecified atom stereocenters. The third-order valence-corrected chi connectivity index (χ3v) is 20.4. The zero-order chi connectivity index (χ0) is 91.0. The van der Waals surface area contributed by atoms with Gasteiger partial charge in [0.2, 0.25) is 5.91 Å². The largest absolute Gasteiger partial charge is 0.342 e. The number of aryl methyl sites for hydroxylation is 3. The number of likely N-dealkylation sites (N-methyl/N-ethyl adjacent to an activating group) is 1. The molecule has 1 amide bonds. The lowest BCUT2D eigenvalue weighted by atomic mass is 9.98. The Bertz CT molecular complexity index is 4250. The number of nitrogens with zero attached hydrogens (tertiary/aromatic N) is 23. The van der Waals surface area contributed by atoms with Gasteiger partial charge in [0.25, 0.3) is 0 Å². The van der Waals surface area contributed by atoms with E-state index in [0.717, 1.165) is 85.6 Å². The van der Waals surface area contributed by atoms with E-state index in [-0.39, 0.29) is 118 Å². The van der Waals surface area contributed by atoms with Crippen LogP contribution in [-0.2, 0) is 149 Å². The van der Waals surface area contributed by atoms with Gasteiger partial charge >= 0.3 is 0 Å². The summed E-state index contributed by atoms with van der Waals surface area (Å²) in [5, 5.41) is 0. The van der Waals surface area contributed by atoms with E-state index in [0.29, 0.717) is 110 Å². The number of hydrogen-bond acceptors (Lipinski definition) is 23. The van der Waals surface area contributed by atoms with Crippen LogP contribution < -0.4 is 0 Å². The number of rotatable bonds is 45. The molecule has 0 spiro atoms. The molecular formula is C93H163N23O9. The van der Waals surface area contributed by atoms with Crippen LogP contribution in [0.4, 0.5) is 0 Å². The molecule has 0 N–H and O–H groups in total. The first-order valence-corrected chi connectivity index (χ1v) is 42.6. The van der Waals surface area contributed by atoms with Crippen LogP contribution in [0.2, 0.25) is 0 Å². The average molecular weight is 1750 g/mol. The highest BCUT2D eigenvalue weighted by atomic mass is 16.2. The van der Waals surface area contributed by atoms with E-state index in [2.05, 4.69) is 152 Å². The first-order valence-electron chi connectivity index (χ1n) is 42.6. The minimum atomic E-state index is -0.157. The minimum absolute atomic E-state index is 0. The SMILES string of the molecule is C.C.C.C.CC(=O)CN(CC(C)=O)C(C)C.CC(=O)CN(Cc1nccn1C)C(C)C.CC(=O)CN(Cc1nccn1CC(C)=O)C(C)C.CC(=O)Cn1ccnc1CN(Cc1nccn1CC(C)=O)C(C)C.CCC(CC)C(=O)Cn1ccnc1CN(Cc1nccn1CC(=O)N(CC)CC)C(C)(C)C.CCn1ccnc1CN(Cc1nccn1C)C(C)C. The molecule has 32 nitrogen and oxygen atoms in total. The lowest BCUT2D eigenvalue weighted by molar-refractivity contribution is -0.131. The van der Waals surface area contributed by atoms with E-state index in [1.54, 1.807) is 78.0 Å². The van der Waals surface area contributed by atoms with Gasteiger partial charge in [-0.1, -0.05) is 43.6 Å². The summed E-state index contributed by atoms with van der Waals surface area (Å²) in [5.41, 5.74) is -0.157. The van der Waals surface area contributed by atoms with E-state index in [9.17, 15) is 43.2 Å². The van der Waals surface area contributed by atoms with Crippen molar-refractivity contribution in [3.8, 4) is 0 Å². The van der Waals surface area contributed by atoms with Gasteiger partial charge in [-0.15, -0.1) is 0 Å². The molecule has 0 aliphatic heterocycles. The number of hydrogen-bond donors (Lipinski definition) is 0. The molecule has 704 valence electrons. The number of aromatic nitrogens is 16. The van der Waals surface area contributed by atoms with Crippen molar-refractivity contribution in [1.29, 1.82) is 0 Å². The van der Waals surface area contributed by atoms with Crippen LogP contribution in [0.15, 0.2) is 99.1 Å². The normalized spacial score (nSPS) is 11.2. The Morgan fingerprint density at radius 2 is 0.552 bits per heavy atom. The van der Waals surface area contributed by atoms with Crippen molar-refractivity contribution in [2.75, 3.05) is 39.3 Å². The van der Waals surface area contributed by atoms with Gasteiger partial charge in [0.05, 0.1) is 105 Å². The summed E-state index contributed by atoms with van der Waals surface area (Å²) >= 11 is 0. The summed E-state index contributed by atoms with van der Waals surface area (Å²) in [7, 11) is 4.00. The van der Waals surface area contributed by atoms with Crippen LogP contribution in [0.25, 0.3) is 0 Å². The molecule has 0 saturated carbocycles. The number of imidazole rings is 8.